The molecular formula is C28H34N2O4. The first-order chi connectivity index (χ1) is 16.6. The monoisotopic (exact) mass is 462 g/mol. The summed E-state index contributed by atoms with van der Waals surface area (Å²) in [5.41, 5.74) is 8.82. The molecule has 0 bridgehead atoms. The Labute approximate surface area is 201 Å². The summed E-state index contributed by atoms with van der Waals surface area (Å²) < 4.78 is 7.94. The van der Waals surface area contributed by atoms with Crippen LogP contribution in [0.1, 0.15) is 56.6 Å². The summed E-state index contributed by atoms with van der Waals surface area (Å²) in [5.74, 6) is -0.340. The Balaban J connectivity index is 1.47. The van der Waals surface area contributed by atoms with Gasteiger partial charge in [-0.15, -0.1) is 0 Å². The van der Waals surface area contributed by atoms with E-state index < -0.39 is 12.1 Å². The van der Waals surface area contributed by atoms with Crippen LogP contribution < -0.4 is 10.2 Å². The van der Waals surface area contributed by atoms with Gasteiger partial charge in [-0.3, -0.25) is 10.3 Å². The van der Waals surface area contributed by atoms with Crippen molar-refractivity contribution in [2.24, 2.45) is 0 Å². The fourth-order valence-corrected chi connectivity index (χ4v) is 4.57. The number of aromatic nitrogens is 1. The lowest BCUT2D eigenvalue weighted by molar-refractivity contribution is -0.145. The lowest BCUT2D eigenvalue weighted by atomic mass is 9.91. The number of allylic oxidation sites excluding steroid dienone is 1. The Morgan fingerprint density at radius 1 is 1.12 bits per heavy atom. The van der Waals surface area contributed by atoms with Gasteiger partial charge in [0.15, 0.2) is 6.10 Å². The van der Waals surface area contributed by atoms with Crippen LogP contribution in [0.2, 0.25) is 0 Å². The Morgan fingerprint density at radius 3 is 2.65 bits per heavy atom. The van der Waals surface area contributed by atoms with Gasteiger partial charge in [-0.25, -0.2) is 4.79 Å². The molecule has 1 aliphatic rings. The van der Waals surface area contributed by atoms with Gasteiger partial charge in [-0.05, 0) is 85.9 Å². The van der Waals surface area contributed by atoms with Crippen LogP contribution in [0, 0.1) is 6.92 Å². The van der Waals surface area contributed by atoms with Gasteiger partial charge in [-0.2, -0.15) is 0 Å². The number of fused-ring (bicyclic) bond motifs is 1. The van der Waals surface area contributed by atoms with E-state index in [0.717, 1.165) is 36.2 Å². The summed E-state index contributed by atoms with van der Waals surface area (Å²) in [6.45, 7) is 5.05. The lowest BCUT2D eigenvalue weighted by Crippen LogP contribution is -2.26. The van der Waals surface area contributed by atoms with Gasteiger partial charge < -0.3 is 14.4 Å². The summed E-state index contributed by atoms with van der Waals surface area (Å²) in [5, 5.41) is 10.6. The SMILES string of the molecule is CCC(Oc1ccc(C(NOCCn2ccc3ccccc32)=C2CCCCC2)cc1C)C(=O)O. The minimum absolute atomic E-state index is 0.415. The van der Waals surface area contributed by atoms with E-state index in [-0.39, 0.29) is 0 Å². The second-order valence-electron chi connectivity index (χ2n) is 8.89. The number of hydrogen-bond donors (Lipinski definition) is 2. The molecule has 1 aliphatic carbocycles. The fourth-order valence-electron chi connectivity index (χ4n) is 4.57. The molecular weight excluding hydrogens is 428 g/mol. The number of benzene rings is 2. The Bertz CT molecular complexity index is 1160. The predicted octanol–water partition coefficient (Wildman–Crippen LogP) is 6.09. The molecule has 1 heterocycles. The summed E-state index contributed by atoms with van der Waals surface area (Å²) in [4.78, 5) is 17.3. The first kappa shape index (κ1) is 23.9. The van der Waals surface area contributed by atoms with Gasteiger partial charge in [0.25, 0.3) is 0 Å². The molecule has 6 heteroatoms. The Morgan fingerprint density at radius 2 is 1.91 bits per heavy atom. The van der Waals surface area contributed by atoms with Crippen LogP contribution in [0.3, 0.4) is 0 Å². The normalized spacial score (nSPS) is 14.7. The molecule has 0 spiro atoms. The van der Waals surface area contributed by atoms with Crippen molar-refractivity contribution in [3.63, 3.8) is 0 Å². The second kappa shape index (κ2) is 11.3. The largest absolute Gasteiger partial charge is 0.479 e. The number of ether oxygens (including phenoxy) is 1. The van der Waals surface area contributed by atoms with Crippen LogP contribution in [0.25, 0.3) is 16.6 Å². The zero-order valence-electron chi connectivity index (χ0n) is 20.0. The summed E-state index contributed by atoms with van der Waals surface area (Å²) in [7, 11) is 0. The van der Waals surface area contributed by atoms with E-state index in [2.05, 4.69) is 52.6 Å². The molecule has 4 rings (SSSR count). The molecule has 0 radical (unpaired) electrons. The van der Waals surface area contributed by atoms with Gasteiger partial charge in [0.1, 0.15) is 5.75 Å². The quantitative estimate of drug-likeness (QED) is 0.282. The number of hydrogen-bond acceptors (Lipinski definition) is 4. The number of hydroxylamine groups is 1. The predicted molar refractivity (Wildman–Crippen MR) is 135 cm³/mol. The van der Waals surface area contributed by atoms with Gasteiger partial charge in [0.05, 0.1) is 12.3 Å². The molecule has 3 aromatic rings. The minimum atomic E-state index is -0.943. The van der Waals surface area contributed by atoms with Crippen LogP contribution in [0.15, 0.2) is 60.3 Å². The number of nitrogens with one attached hydrogen (secondary N) is 1. The third-order valence-corrected chi connectivity index (χ3v) is 6.48. The fraction of sp³-hybridized carbons (Fsp3) is 0.393. The number of aryl methyl sites for hydroxylation is 1. The first-order valence-corrected chi connectivity index (χ1v) is 12.2. The molecule has 2 aromatic carbocycles. The third kappa shape index (κ3) is 5.62. The highest BCUT2D eigenvalue weighted by molar-refractivity contribution is 5.79. The number of carbonyl (C=O) groups is 1. The average Bonchev–Trinajstić information content (AvgIpc) is 3.27. The van der Waals surface area contributed by atoms with Crippen LogP contribution in [-0.2, 0) is 16.2 Å². The maximum absolute atomic E-state index is 11.4. The van der Waals surface area contributed by atoms with Gasteiger partial charge in [0, 0.05) is 23.8 Å². The maximum atomic E-state index is 11.4. The van der Waals surface area contributed by atoms with E-state index in [1.54, 1.807) is 0 Å². The van der Waals surface area contributed by atoms with Crippen LogP contribution in [-0.4, -0.2) is 28.4 Å². The molecule has 0 saturated heterocycles. The zero-order chi connectivity index (χ0) is 23.9. The molecule has 1 saturated carbocycles. The average molecular weight is 463 g/mol. The molecule has 0 aliphatic heterocycles. The number of carboxylic acids is 1. The smallest absolute Gasteiger partial charge is 0.344 e. The highest BCUT2D eigenvalue weighted by Crippen LogP contribution is 2.31. The third-order valence-electron chi connectivity index (χ3n) is 6.48. The van der Waals surface area contributed by atoms with Crippen molar-refractivity contribution >= 4 is 22.6 Å². The molecule has 0 amide bonds. The molecule has 1 aromatic heterocycles. The number of aliphatic carboxylic acids is 1. The van der Waals surface area contributed by atoms with Crippen molar-refractivity contribution in [3.05, 3.63) is 71.4 Å². The summed E-state index contributed by atoms with van der Waals surface area (Å²) >= 11 is 0. The van der Waals surface area contributed by atoms with E-state index >= 15 is 0 Å². The molecule has 34 heavy (non-hydrogen) atoms. The second-order valence-corrected chi connectivity index (χ2v) is 8.89. The zero-order valence-corrected chi connectivity index (χ0v) is 20.0. The van der Waals surface area contributed by atoms with E-state index in [4.69, 9.17) is 9.57 Å². The molecule has 2 N–H and O–H groups in total. The highest BCUT2D eigenvalue weighted by atomic mass is 16.6. The molecule has 1 unspecified atom stereocenters. The van der Waals surface area contributed by atoms with Gasteiger partial charge >= 0.3 is 5.97 Å². The van der Waals surface area contributed by atoms with E-state index in [9.17, 15) is 9.90 Å². The van der Waals surface area contributed by atoms with Crippen molar-refractivity contribution in [1.82, 2.24) is 10.0 Å². The van der Waals surface area contributed by atoms with E-state index in [1.807, 2.05) is 26.0 Å². The Kier molecular flexibility index (Phi) is 7.91. The van der Waals surface area contributed by atoms with Crippen molar-refractivity contribution in [2.45, 2.75) is 65.0 Å². The molecule has 1 fully saturated rings. The molecule has 1 atom stereocenters. The minimum Gasteiger partial charge on any atom is -0.479 e. The Hall–Kier alpha value is -3.25. The van der Waals surface area contributed by atoms with Crippen LogP contribution >= 0.6 is 0 Å². The lowest BCUT2D eigenvalue weighted by Gasteiger charge is -2.22. The highest BCUT2D eigenvalue weighted by Gasteiger charge is 2.19. The van der Waals surface area contributed by atoms with E-state index in [1.165, 1.54) is 35.7 Å². The summed E-state index contributed by atoms with van der Waals surface area (Å²) in [6.07, 6.45) is 7.42. The number of nitrogens with zero attached hydrogens (tertiary/aromatic N) is 1. The van der Waals surface area contributed by atoms with Crippen molar-refractivity contribution in [2.75, 3.05) is 6.61 Å². The maximum Gasteiger partial charge on any atom is 0.344 e. The number of para-hydroxylation sites is 1. The molecule has 6 nitrogen and oxygen atoms in total. The number of rotatable bonds is 10. The van der Waals surface area contributed by atoms with Crippen molar-refractivity contribution in [3.8, 4) is 5.75 Å². The van der Waals surface area contributed by atoms with Crippen LogP contribution in [0.4, 0.5) is 0 Å². The van der Waals surface area contributed by atoms with Crippen molar-refractivity contribution < 1.29 is 19.5 Å². The first-order valence-electron chi connectivity index (χ1n) is 12.2. The standard InChI is InChI=1S/C28H34N2O4/c1-3-25(28(31)32)34-26-14-13-23(19-20(26)2)27(22-10-5-4-6-11-22)29-33-18-17-30-16-15-21-9-7-8-12-24(21)30/h7-9,12-16,19,25,29H,3-6,10-11,17-18H2,1-2H3,(H,31,32). The van der Waals surface area contributed by atoms with Gasteiger partial charge in [0.2, 0.25) is 0 Å². The summed E-state index contributed by atoms with van der Waals surface area (Å²) in [6, 6.07) is 16.4. The van der Waals surface area contributed by atoms with Gasteiger partial charge in [-0.1, -0.05) is 31.5 Å². The topological polar surface area (TPSA) is 72.7 Å². The van der Waals surface area contributed by atoms with Crippen LogP contribution in [0.5, 0.6) is 5.75 Å². The van der Waals surface area contributed by atoms with E-state index in [0.29, 0.717) is 18.8 Å². The van der Waals surface area contributed by atoms with Crippen molar-refractivity contribution in [1.29, 1.82) is 0 Å². The number of carboxylic acid groups (broad SMARTS) is 1. The molecule has 180 valence electrons.